The van der Waals surface area contributed by atoms with Crippen LogP contribution in [-0.4, -0.2) is 37.6 Å². The molecule has 1 saturated heterocycles. The SMILES string of the molecule is CCC(C)c1ccc(CCN2CCNCC2)cc1Cl. The van der Waals surface area contributed by atoms with Gasteiger partial charge in [-0.3, -0.25) is 0 Å². The Morgan fingerprint density at radius 1 is 1.32 bits per heavy atom. The van der Waals surface area contributed by atoms with E-state index < -0.39 is 0 Å². The Labute approximate surface area is 122 Å². The van der Waals surface area contributed by atoms with Crippen molar-refractivity contribution < 1.29 is 0 Å². The molecule has 0 aliphatic carbocycles. The summed E-state index contributed by atoms with van der Waals surface area (Å²) in [4.78, 5) is 2.52. The highest BCUT2D eigenvalue weighted by atomic mass is 35.5. The molecule has 0 aromatic heterocycles. The van der Waals surface area contributed by atoms with Crippen LogP contribution in [0.25, 0.3) is 0 Å². The largest absolute Gasteiger partial charge is 0.314 e. The standard InChI is InChI=1S/C16H25ClN2/c1-3-13(2)15-5-4-14(12-16(15)17)6-9-19-10-7-18-8-11-19/h4-5,12-13,18H,3,6-11H2,1-2H3. The molecule has 1 fully saturated rings. The molecule has 1 aromatic rings. The predicted octanol–water partition coefficient (Wildman–Crippen LogP) is 3.30. The van der Waals surface area contributed by atoms with Crippen LogP contribution in [0.3, 0.4) is 0 Å². The van der Waals surface area contributed by atoms with Gasteiger partial charge in [0.2, 0.25) is 0 Å². The summed E-state index contributed by atoms with van der Waals surface area (Å²) in [6.45, 7) is 10.2. The molecule has 0 saturated carbocycles. The maximum Gasteiger partial charge on any atom is 0.0443 e. The van der Waals surface area contributed by atoms with Gasteiger partial charge >= 0.3 is 0 Å². The molecule has 1 aliphatic rings. The van der Waals surface area contributed by atoms with Gasteiger partial charge in [0.25, 0.3) is 0 Å². The average Bonchev–Trinajstić information content (AvgIpc) is 2.45. The normalized spacial score (nSPS) is 18.5. The molecular formula is C16H25ClN2. The van der Waals surface area contributed by atoms with Gasteiger partial charge < -0.3 is 10.2 Å². The smallest absolute Gasteiger partial charge is 0.0443 e. The number of benzene rings is 1. The number of hydrogen-bond donors (Lipinski definition) is 1. The van der Waals surface area contributed by atoms with E-state index >= 15 is 0 Å². The fourth-order valence-corrected chi connectivity index (χ4v) is 2.96. The molecule has 0 radical (unpaired) electrons. The fraction of sp³-hybridized carbons (Fsp3) is 0.625. The number of nitrogens with zero attached hydrogens (tertiary/aromatic N) is 1. The van der Waals surface area contributed by atoms with E-state index in [4.69, 9.17) is 11.6 Å². The number of rotatable bonds is 5. The molecular weight excluding hydrogens is 256 g/mol. The van der Waals surface area contributed by atoms with Gasteiger partial charge in [0.15, 0.2) is 0 Å². The second-order valence-corrected chi connectivity index (χ2v) is 5.91. The Morgan fingerprint density at radius 2 is 2.05 bits per heavy atom. The second kappa shape index (κ2) is 7.28. The number of piperazine rings is 1. The van der Waals surface area contributed by atoms with Crippen LogP contribution in [0.5, 0.6) is 0 Å². The molecule has 0 amide bonds. The molecule has 3 heteroatoms. The molecule has 0 bridgehead atoms. The summed E-state index contributed by atoms with van der Waals surface area (Å²) < 4.78 is 0. The molecule has 2 rings (SSSR count). The van der Waals surface area contributed by atoms with E-state index in [2.05, 4.69) is 42.3 Å². The van der Waals surface area contributed by atoms with Crippen molar-refractivity contribution in [2.24, 2.45) is 0 Å². The van der Waals surface area contributed by atoms with E-state index in [-0.39, 0.29) is 0 Å². The second-order valence-electron chi connectivity index (χ2n) is 5.51. The van der Waals surface area contributed by atoms with E-state index in [1.54, 1.807) is 0 Å². The van der Waals surface area contributed by atoms with Crippen molar-refractivity contribution in [3.8, 4) is 0 Å². The first-order valence-electron chi connectivity index (χ1n) is 7.42. The van der Waals surface area contributed by atoms with Crippen LogP contribution >= 0.6 is 11.6 Å². The van der Waals surface area contributed by atoms with Crippen molar-refractivity contribution in [3.05, 3.63) is 34.3 Å². The number of nitrogens with one attached hydrogen (secondary N) is 1. The molecule has 1 atom stereocenters. The van der Waals surface area contributed by atoms with Crippen LogP contribution in [0, 0.1) is 0 Å². The Balaban J connectivity index is 1.92. The lowest BCUT2D eigenvalue weighted by Crippen LogP contribution is -2.44. The zero-order valence-corrected chi connectivity index (χ0v) is 12.8. The summed E-state index contributed by atoms with van der Waals surface area (Å²) in [5, 5.41) is 4.32. The summed E-state index contributed by atoms with van der Waals surface area (Å²) in [5.74, 6) is 0.551. The summed E-state index contributed by atoms with van der Waals surface area (Å²) in [5.41, 5.74) is 2.64. The molecule has 0 spiro atoms. The van der Waals surface area contributed by atoms with Gasteiger partial charge in [-0.2, -0.15) is 0 Å². The Hall–Kier alpha value is -0.570. The maximum atomic E-state index is 6.40. The summed E-state index contributed by atoms with van der Waals surface area (Å²) in [6.07, 6.45) is 2.24. The number of halogens is 1. The van der Waals surface area contributed by atoms with Crippen molar-refractivity contribution in [1.29, 1.82) is 0 Å². The van der Waals surface area contributed by atoms with Gasteiger partial charge in [-0.15, -0.1) is 0 Å². The molecule has 1 aromatic carbocycles. The van der Waals surface area contributed by atoms with Crippen LogP contribution in [0.2, 0.25) is 5.02 Å². The lowest BCUT2D eigenvalue weighted by Gasteiger charge is -2.27. The third-order valence-electron chi connectivity index (χ3n) is 4.13. The average molecular weight is 281 g/mol. The molecule has 1 N–H and O–H groups in total. The predicted molar refractivity (Wildman–Crippen MR) is 83.2 cm³/mol. The van der Waals surface area contributed by atoms with Crippen molar-refractivity contribution in [3.63, 3.8) is 0 Å². The minimum absolute atomic E-state index is 0.551. The Kier molecular flexibility index (Phi) is 5.68. The Morgan fingerprint density at radius 3 is 2.68 bits per heavy atom. The van der Waals surface area contributed by atoms with Gasteiger partial charge in [0.1, 0.15) is 0 Å². The summed E-state index contributed by atoms with van der Waals surface area (Å²) in [6, 6.07) is 6.62. The zero-order chi connectivity index (χ0) is 13.7. The topological polar surface area (TPSA) is 15.3 Å². The molecule has 106 valence electrons. The van der Waals surface area contributed by atoms with Crippen molar-refractivity contribution in [2.75, 3.05) is 32.7 Å². The first kappa shape index (κ1) is 14.8. The van der Waals surface area contributed by atoms with Crippen molar-refractivity contribution in [2.45, 2.75) is 32.6 Å². The minimum Gasteiger partial charge on any atom is -0.314 e. The van der Waals surface area contributed by atoms with Crippen LogP contribution in [-0.2, 0) is 6.42 Å². The van der Waals surface area contributed by atoms with Gasteiger partial charge in [-0.1, -0.05) is 37.6 Å². The van der Waals surface area contributed by atoms with Gasteiger partial charge in [0.05, 0.1) is 0 Å². The van der Waals surface area contributed by atoms with E-state index in [9.17, 15) is 0 Å². The van der Waals surface area contributed by atoms with Gasteiger partial charge in [-0.05, 0) is 36.0 Å². The third-order valence-corrected chi connectivity index (χ3v) is 4.46. The quantitative estimate of drug-likeness (QED) is 0.890. The zero-order valence-electron chi connectivity index (χ0n) is 12.1. The van der Waals surface area contributed by atoms with E-state index in [0.717, 1.165) is 37.5 Å². The lowest BCUT2D eigenvalue weighted by atomic mass is 9.97. The molecule has 1 aliphatic heterocycles. The van der Waals surface area contributed by atoms with Gasteiger partial charge in [-0.25, -0.2) is 0 Å². The van der Waals surface area contributed by atoms with E-state index in [1.165, 1.54) is 24.2 Å². The summed E-state index contributed by atoms with van der Waals surface area (Å²) >= 11 is 6.40. The highest BCUT2D eigenvalue weighted by Gasteiger charge is 2.11. The fourth-order valence-electron chi connectivity index (χ4n) is 2.57. The van der Waals surface area contributed by atoms with Crippen LogP contribution in [0.15, 0.2) is 18.2 Å². The van der Waals surface area contributed by atoms with Gasteiger partial charge in [0, 0.05) is 37.7 Å². The first-order valence-corrected chi connectivity index (χ1v) is 7.80. The monoisotopic (exact) mass is 280 g/mol. The minimum atomic E-state index is 0.551. The molecule has 1 unspecified atom stereocenters. The van der Waals surface area contributed by atoms with Crippen LogP contribution in [0.1, 0.15) is 37.3 Å². The van der Waals surface area contributed by atoms with Crippen LogP contribution in [0.4, 0.5) is 0 Å². The van der Waals surface area contributed by atoms with E-state index in [1.807, 2.05) is 0 Å². The number of hydrogen-bond acceptors (Lipinski definition) is 2. The highest BCUT2D eigenvalue weighted by Crippen LogP contribution is 2.27. The maximum absolute atomic E-state index is 6.40. The summed E-state index contributed by atoms with van der Waals surface area (Å²) in [7, 11) is 0. The molecule has 2 nitrogen and oxygen atoms in total. The lowest BCUT2D eigenvalue weighted by molar-refractivity contribution is 0.244. The highest BCUT2D eigenvalue weighted by molar-refractivity contribution is 6.31. The van der Waals surface area contributed by atoms with E-state index in [0.29, 0.717) is 5.92 Å². The molecule has 1 heterocycles. The van der Waals surface area contributed by atoms with Crippen LogP contribution < -0.4 is 5.32 Å². The first-order chi connectivity index (χ1) is 9.20. The molecule has 19 heavy (non-hydrogen) atoms. The van der Waals surface area contributed by atoms with Crippen molar-refractivity contribution in [1.82, 2.24) is 10.2 Å². The van der Waals surface area contributed by atoms with Crippen molar-refractivity contribution >= 4 is 11.6 Å². The Bertz CT molecular complexity index is 400. The third kappa shape index (κ3) is 4.20.